The molecule has 0 aromatic heterocycles. The van der Waals surface area contributed by atoms with Crippen molar-refractivity contribution in [2.24, 2.45) is 17.6 Å². The maximum absolute atomic E-state index is 5.98. The number of rotatable bonds is 5. The average Bonchev–Trinajstić information content (AvgIpc) is 2.41. The van der Waals surface area contributed by atoms with Crippen LogP contribution < -0.4 is 5.73 Å². The number of hydrogen-bond donors (Lipinski definition) is 1. The van der Waals surface area contributed by atoms with E-state index >= 15 is 0 Å². The second-order valence-electron chi connectivity index (χ2n) is 6.19. The Kier molecular flexibility index (Phi) is 5.93. The number of ether oxygens (including phenoxy) is 1. The predicted octanol–water partition coefficient (Wildman–Crippen LogP) is 2.25. The van der Waals surface area contributed by atoms with Crippen LogP contribution >= 0.6 is 0 Å². The zero-order valence-electron chi connectivity index (χ0n) is 11.9. The van der Waals surface area contributed by atoms with Crippen LogP contribution in [-0.2, 0) is 4.74 Å². The molecule has 106 valence electrons. The highest BCUT2D eigenvalue weighted by atomic mass is 16.5. The third-order valence-electron chi connectivity index (χ3n) is 4.71. The molecule has 1 saturated carbocycles. The summed E-state index contributed by atoms with van der Waals surface area (Å²) in [6, 6.07) is 0.479. The van der Waals surface area contributed by atoms with E-state index in [0.29, 0.717) is 6.04 Å². The van der Waals surface area contributed by atoms with Gasteiger partial charge in [0.15, 0.2) is 0 Å². The molecule has 2 N–H and O–H groups in total. The van der Waals surface area contributed by atoms with Crippen LogP contribution in [0.15, 0.2) is 0 Å². The Balaban J connectivity index is 1.70. The summed E-state index contributed by atoms with van der Waals surface area (Å²) in [5, 5.41) is 0. The molecule has 1 aliphatic heterocycles. The molecular formula is C15H30N2O. The van der Waals surface area contributed by atoms with Gasteiger partial charge in [0, 0.05) is 32.3 Å². The number of nitrogens with zero attached hydrogens (tertiary/aromatic N) is 1. The number of nitrogens with two attached hydrogens (primary N) is 1. The Labute approximate surface area is 112 Å². The van der Waals surface area contributed by atoms with Gasteiger partial charge in [0.1, 0.15) is 0 Å². The molecule has 1 heterocycles. The van der Waals surface area contributed by atoms with E-state index in [2.05, 4.69) is 11.8 Å². The van der Waals surface area contributed by atoms with Crippen LogP contribution in [0.2, 0.25) is 0 Å². The molecule has 0 atom stereocenters. The highest BCUT2D eigenvalue weighted by Crippen LogP contribution is 2.25. The Bertz CT molecular complexity index is 221. The summed E-state index contributed by atoms with van der Waals surface area (Å²) in [5.41, 5.74) is 5.98. The van der Waals surface area contributed by atoms with Crippen LogP contribution in [0, 0.1) is 11.8 Å². The Morgan fingerprint density at radius 1 is 0.944 bits per heavy atom. The first-order valence-electron chi connectivity index (χ1n) is 7.83. The lowest BCUT2D eigenvalue weighted by atomic mass is 9.86. The Hall–Kier alpha value is -0.120. The molecule has 1 aliphatic carbocycles. The van der Waals surface area contributed by atoms with Crippen molar-refractivity contribution < 1.29 is 4.74 Å². The van der Waals surface area contributed by atoms with Crippen molar-refractivity contribution in [3.05, 3.63) is 0 Å². The molecule has 0 aromatic rings. The van der Waals surface area contributed by atoms with Crippen LogP contribution in [0.4, 0.5) is 0 Å². The predicted molar refractivity (Wildman–Crippen MR) is 75.6 cm³/mol. The standard InChI is InChI=1S/C15H30N2O/c1-2-17(12-14-7-9-18-10-8-14)11-13-3-5-15(16)6-4-13/h13-15H,2-12,16H2,1H3. The second kappa shape index (κ2) is 7.46. The summed E-state index contributed by atoms with van der Waals surface area (Å²) in [7, 11) is 0. The van der Waals surface area contributed by atoms with Gasteiger partial charge in [-0.3, -0.25) is 0 Å². The van der Waals surface area contributed by atoms with Crippen molar-refractivity contribution in [1.29, 1.82) is 0 Å². The van der Waals surface area contributed by atoms with Crippen LogP contribution in [0.1, 0.15) is 45.4 Å². The molecular weight excluding hydrogens is 224 g/mol. The van der Waals surface area contributed by atoms with E-state index in [9.17, 15) is 0 Å². The maximum Gasteiger partial charge on any atom is 0.0469 e. The van der Waals surface area contributed by atoms with Gasteiger partial charge in [-0.2, -0.15) is 0 Å². The Morgan fingerprint density at radius 3 is 2.06 bits per heavy atom. The molecule has 0 spiro atoms. The van der Waals surface area contributed by atoms with Gasteiger partial charge in [-0.05, 0) is 56.9 Å². The van der Waals surface area contributed by atoms with Gasteiger partial charge in [0.05, 0.1) is 0 Å². The van der Waals surface area contributed by atoms with Crippen LogP contribution in [0.5, 0.6) is 0 Å². The van der Waals surface area contributed by atoms with E-state index in [0.717, 1.165) is 25.0 Å². The van der Waals surface area contributed by atoms with E-state index in [-0.39, 0.29) is 0 Å². The van der Waals surface area contributed by atoms with Crippen molar-refractivity contribution in [2.75, 3.05) is 32.8 Å². The lowest BCUT2D eigenvalue weighted by molar-refractivity contribution is 0.0498. The molecule has 18 heavy (non-hydrogen) atoms. The van der Waals surface area contributed by atoms with Gasteiger partial charge in [-0.15, -0.1) is 0 Å². The molecule has 0 radical (unpaired) electrons. The smallest absolute Gasteiger partial charge is 0.0469 e. The molecule has 0 bridgehead atoms. The third kappa shape index (κ3) is 4.52. The minimum absolute atomic E-state index is 0.479. The molecule has 2 rings (SSSR count). The summed E-state index contributed by atoms with van der Waals surface area (Å²) in [4.78, 5) is 2.66. The normalized spacial score (nSPS) is 30.8. The minimum Gasteiger partial charge on any atom is -0.381 e. The summed E-state index contributed by atoms with van der Waals surface area (Å²) >= 11 is 0. The SMILES string of the molecule is CCN(CC1CCOCC1)CC1CCC(N)CC1. The first kappa shape index (κ1) is 14.3. The molecule has 3 heteroatoms. The van der Waals surface area contributed by atoms with Crippen molar-refractivity contribution >= 4 is 0 Å². The molecule has 2 fully saturated rings. The number of hydrogen-bond acceptors (Lipinski definition) is 3. The largest absolute Gasteiger partial charge is 0.381 e. The molecule has 0 amide bonds. The first-order valence-corrected chi connectivity index (χ1v) is 7.83. The third-order valence-corrected chi connectivity index (χ3v) is 4.71. The highest BCUT2D eigenvalue weighted by Gasteiger charge is 2.22. The summed E-state index contributed by atoms with van der Waals surface area (Å²) in [6.45, 7) is 8.01. The van der Waals surface area contributed by atoms with Gasteiger partial charge < -0.3 is 15.4 Å². The monoisotopic (exact) mass is 254 g/mol. The fourth-order valence-electron chi connectivity index (χ4n) is 3.36. The zero-order valence-corrected chi connectivity index (χ0v) is 11.9. The van der Waals surface area contributed by atoms with Crippen LogP contribution in [0.3, 0.4) is 0 Å². The van der Waals surface area contributed by atoms with Gasteiger partial charge in [-0.1, -0.05) is 6.92 Å². The average molecular weight is 254 g/mol. The first-order chi connectivity index (χ1) is 8.78. The summed E-state index contributed by atoms with van der Waals surface area (Å²) in [5.74, 6) is 1.76. The van der Waals surface area contributed by atoms with Gasteiger partial charge in [0.25, 0.3) is 0 Å². The summed E-state index contributed by atoms with van der Waals surface area (Å²) < 4.78 is 5.44. The molecule has 0 unspecified atom stereocenters. The van der Waals surface area contributed by atoms with Crippen molar-refractivity contribution in [2.45, 2.75) is 51.5 Å². The second-order valence-corrected chi connectivity index (χ2v) is 6.19. The zero-order chi connectivity index (χ0) is 12.8. The van der Waals surface area contributed by atoms with E-state index < -0.39 is 0 Å². The summed E-state index contributed by atoms with van der Waals surface area (Å²) in [6.07, 6.45) is 7.66. The Morgan fingerprint density at radius 2 is 1.50 bits per heavy atom. The highest BCUT2D eigenvalue weighted by molar-refractivity contribution is 4.77. The van der Waals surface area contributed by atoms with E-state index in [4.69, 9.17) is 10.5 Å². The molecule has 0 aromatic carbocycles. The van der Waals surface area contributed by atoms with Crippen molar-refractivity contribution in [1.82, 2.24) is 4.90 Å². The maximum atomic E-state index is 5.98. The minimum atomic E-state index is 0.479. The fourth-order valence-corrected chi connectivity index (χ4v) is 3.36. The molecule has 2 aliphatic rings. The van der Waals surface area contributed by atoms with Gasteiger partial charge in [0.2, 0.25) is 0 Å². The fraction of sp³-hybridized carbons (Fsp3) is 1.00. The van der Waals surface area contributed by atoms with Crippen LogP contribution in [-0.4, -0.2) is 43.8 Å². The molecule has 1 saturated heterocycles. The quantitative estimate of drug-likeness (QED) is 0.818. The molecule has 3 nitrogen and oxygen atoms in total. The van der Waals surface area contributed by atoms with Crippen LogP contribution in [0.25, 0.3) is 0 Å². The van der Waals surface area contributed by atoms with Gasteiger partial charge >= 0.3 is 0 Å². The van der Waals surface area contributed by atoms with Gasteiger partial charge in [-0.25, -0.2) is 0 Å². The van der Waals surface area contributed by atoms with E-state index in [1.165, 1.54) is 58.2 Å². The lowest BCUT2D eigenvalue weighted by Crippen LogP contribution is -2.38. The van der Waals surface area contributed by atoms with Crippen molar-refractivity contribution in [3.63, 3.8) is 0 Å². The van der Waals surface area contributed by atoms with E-state index in [1.807, 2.05) is 0 Å². The topological polar surface area (TPSA) is 38.5 Å². The lowest BCUT2D eigenvalue weighted by Gasteiger charge is -2.34. The van der Waals surface area contributed by atoms with Crippen molar-refractivity contribution in [3.8, 4) is 0 Å². The van der Waals surface area contributed by atoms with E-state index in [1.54, 1.807) is 0 Å².